The molecule has 0 spiro atoms. The highest BCUT2D eigenvalue weighted by Crippen LogP contribution is 2.36. The molecular weight excluding hydrogens is 212 g/mol. The lowest BCUT2D eigenvalue weighted by Crippen LogP contribution is -2.43. The van der Waals surface area contributed by atoms with Crippen molar-refractivity contribution < 1.29 is 4.79 Å². The lowest BCUT2D eigenvalue weighted by atomic mass is 9.82. The van der Waals surface area contributed by atoms with E-state index in [1.165, 1.54) is 25.7 Å². The van der Waals surface area contributed by atoms with E-state index in [9.17, 15) is 4.79 Å². The summed E-state index contributed by atoms with van der Waals surface area (Å²) in [5, 5.41) is 0. The van der Waals surface area contributed by atoms with Gasteiger partial charge in [-0.2, -0.15) is 0 Å². The van der Waals surface area contributed by atoms with E-state index in [-0.39, 0.29) is 11.9 Å². The van der Waals surface area contributed by atoms with Gasteiger partial charge in [0.1, 0.15) is 0 Å². The Morgan fingerprint density at radius 3 is 2.24 bits per heavy atom. The normalized spacial score (nSPS) is 30.5. The van der Waals surface area contributed by atoms with Gasteiger partial charge < -0.3 is 10.6 Å². The van der Waals surface area contributed by atoms with Gasteiger partial charge in [0.05, 0.1) is 6.04 Å². The van der Waals surface area contributed by atoms with Crippen LogP contribution in [-0.2, 0) is 4.79 Å². The molecule has 0 bridgehead atoms. The monoisotopic (exact) mass is 238 g/mol. The molecule has 1 saturated carbocycles. The molecule has 3 nitrogen and oxygen atoms in total. The van der Waals surface area contributed by atoms with Crippen molar-refractivity contribution in [3.05, 3.63) is 0 Å². The number of nitrogens with zero attached hydrogens (tertiary/aromatic N) is 1. The molecule has 0 aromatic carbocycles. The maximum absolute atomic E-state index is 12.2. The molecule has 1 aliphatic heterocycles. The summed E-state index contributed by atoms with van der Waals surface area (Å²) in [6.07, 6.45) is 6.13. The summed E-state index contributed by atoms with van der Waals surface area (Å²) in [5.41, 5.74) is 6.00. The molecule has 1 amide bonds. The summed E-state index contributed by atoms with van der Waals surface area (Å²) < 4.78 is 0. The summed E-state index contributed by atoms with van der Waals surface area (Å²) in [6.45, 7) is 6.18. The molecule has 98 valence electrons. The van der Waals surface area contributed by atoms with Crippen LogP contribution >= 0.6 is 0 Å². The Morgan fingerprint density at radius 2 is 1.76 bits per heavy atom. The molecule has 0 aromatic heterocycles. The van der Waals surface area contributed by atoms with Gasteiger partial charge in [-0.15, -0.1) is 0 Å². The van der Waals surface area contributed by atoms with Gasteiger partial charge in [-0.25, -0.2) is 0 Å². The van der Waals surface area contributed by atoms with Crippen molar-refractivity contribution in [3.63, 3.8) is 0 Å². The Balaban J connectivity index is 1.88. The Hall–Kier alpha value is -0.570. The number of nitrogens with two attached hydrogens (primary N) is 1. The van der Waals surface area contributed by atoms with Gasteiger partial charge in [-0.05, 0) is 37.0 Å². The molecule has 1 saturated heterocycles. The third-order valence-electron chi connectivity index (χ3n) is 4.33. The zero-order chi connectivity index (χ0) is 12.4. The van der Waals surface area contributed by atoms with Crippen molar-refractivity contribution >= 4 is 5.91 Å². The Labute approximate surface area is 105 Å². The molecule has 1 heterocycles. The van der Waals surface area contributed by atoms with Crippen LogP contribution in [0.1, 0.15) is 46.0 Å². The number of likely N-dealkylation sites (tertiary alicyclic amines) is 1. The molecule has 0 radical (unpaired) electrons. The van der Waals surface area contributed by atoms with Crippen LogP contribution in [0.3, 0.4) is 0 Å². The van der Waals surface area contributed by atoms with E-state index in [1.807, 2.05) is 4.90 Å². The standard InChI is InChI=1S/C14H26N2O/c1-10(2)7-13(15)14(17)16-8-11-5-3-4-6-12(11)9-16/h10-13H,3-9,15H2,1-2H3/t11-,12-,13-/m0/s1. The third kappa shape index (κ3) is 3.01. The van der Waals surface area contributed by atoms with E-state index in [0.29, 0.717) is 5.92 Å². The first-order valence-electron chi connectivity index (χ1n) is 7.12. The van der Waals surface area contributed by atoms with E-state index in [1.54, 1.807) is 0 Å². The van der Waals surface area contributed by atoms with Crippen LogP contribution in [0.4, 0.5) is 0 Å². The molecule has 2 N–H and O–H groups in total. The second-order valence-electron chi connectivity index (χ2n) is 6.28. The first-order chi connectivity index (χ1) is 8.08. The lowest BCUT2D eigenvalue weighted by Gasteiger charge is -2.22. The van der Waals surface area contributed by atoms with E-state index >= 15 is 0 Å². The Kier molecular flexibility index (Phi) is 4.08. The van der Waals surface area contributed by atoms with Crippen molar-refractivity contribution in [1.82, 2.24) is 4.90 Å². The maximum atomic E-state index is 12.2. The number of amides is 1. The van der Waals surface area contributed by atoms with Gasteiger partial charge in [-0.3, -0.25) is 4.79 Å². The molecule has 2 fully saturated rings. The van der Waals surface area contributed by atoms with Gasteiger partial charge in [0, 0.05) is 13.1 Å². The molecule has 1 aliphatic carbocycles. The van der Waals surface area contributed by atoms with Crippen molar-refractivity contribution in [3.8, 4) is 0 Å². The zero-order valence-electron chi connectivity index (χ0n) is 11.2. The second kappa shape index (κ2) is 5.38. The topological polar surface area (TPSA) is 46.3 Å². The minimum Gasteiger partial charge on any atom is -0.341 e. The molecule has 2 aliphatic rings. The first-order valence-corrected chi connectivity index (χ1v) is 7.12. The fourth-order valence-corrected chi connectivity index (χ4v) is 3.43. The molecule has 17 heavy (non-hydrogen) atoms. The second-order valence-corrected chi connectivity index (χ2v) is 6.28. The van der Waals surface area contributed by atoms with Crippen molar-refractivity contribution in [2.24, 2.45) is 23.5 Å². The Bertz CT molecular complexity index is 263. The van der Waals surface area contributed by atoms with Crippen molar-refractivity contribution in [1.29, 1.82) is 0 Å². The minimum atomic E-state index is -0.282. The predicted molar refractivity (Wildman–Crippen MR) is 69.5 cm³/mol. The van der Waals surface area contributed by atoms with Gasteiger partial charge in [0.15, 0.2) is 0 Å². The van der Waals surface area contributed by atoms with Gasteiger partial charge in [0.2, 0.25) is 5.91 Å². The fraction of sp³-hybridized carbons (Fsp3) is 0.929. The number of carbonyl (C=O) groups excluding carboxylic acids is 1. The molecule has 0 unspecified atom stereocenters. The van der Waals surface area contributed by atoms with Gasteiger partial charge in [-0.1, -0.05) is 26.7 Å². The summed E-state index contributed by atoms with van der Waals surface area (Å²) in [6, 6.07) is -0.282. The van der Waals surface area contributed by atoms with E-state index in [0.717, 1.165) is 31.3 Å². The maximum Gasteiger partial charge on any atom is 0.239 e. The van der Waals surface area contributed by atoms with E-state index in [4.69, 9.17) is 5.73 Å². The number of fused-ring (bicyclic) bond motifs is 1. The van der Waals surface area contributed by atoms with Gasteiger partial charge >= 0.3 is 0 Å². The van der Waals surface area contributed by atoms with Gasteiger partial charge in [0.25, 0.3) is 0 Å². The quantitative estimate of drug-likeness (QED) is 0.817. The highest BCUT2D eigenvalue weighted by Gasteiger charge is 2.37. The summed E-state index contributed by atoms with van der Waals surface area (Å²) in [4.78, 5) is 14.3. The van der Waals surface area contributed by atoms with Crippen LogP contribution < -0.4 is 5.73 Å². The van der Waals surface area contributed by atoms with Crippen LogP contribution in [0.15, 0.2) is 0 Å². The molecule has 3 atom stereocenters. The average Bonchev–Trinajstić information content (AvgIpc) is 2.70. The van der Waals surface area contributed by atoms with Crippen LogP contribution in [0.2, 0.25) is 0 Å². The third-order valence-corrected chi connectivity index (χ3v) is 4.33. The van der Waals surface area contributed by atoms with Crippen LogP contribution in [0.5, 0.6) is 0 Å². The van der Waals surface area contributed by atoms with Crippen LogP contribution in [0.25, 0.3) is 0 Å². The lowest BCUT2D eigenvalue weighted by molar-refractivity contribution is -0.132. The smallest absolute Gasteiger partial charge is 0.239 e. The highest BCUT2D eigenvalue weighted by atomic mass is 16.2. The Morgan fingerprint density at radius 1 is 1.24 bits per heavy atom. The fourth-order valence-electron chi connectivity index (χ4n) is 3.43. The molecular formula is C14H26N2O. The summed E-state index contributed by atoms with van der Waals surface area (Å²) in [7, 11) is 0. The van der Waals surface area contributed by atoms with Crippen LogP contribution in [0, 0.1) is 17.8 Å². The highest BCUT2D eigenvalue weighted by molar-refractivity contribution is 5.81. The van der Waals surface area contributed by atoms with Crippen molar-refractivity contribution in [2.75, 3.05) is 13.1 Å². The number of hydrogen-bond acceptors (Lipinski definition) is 2. The van der Waals surface area contributed by atoms with Crippen LogP contribution in [-0.4, -0.2) is 29.9 Å². The average molecular weight is 238 g/mol. The number of hydrogen-bond donors (Lipinski definition) is 1. The minimum absolute atomic E-state index is 0.188. The molecule has 0 aromatic rings. The number of rotatable bonds is 3. The zero-order valence-corrected chi connectivity index (χ0v) is 11.2. The number of carbonyl (C=O) groups is 1. The predicted octanol–water partition coefficient (Wildman–Crippen LogP) is 2.01. The largest absolute Gasteiger partial charge is 0.341 e. The molecule has 2 rings (SSSR count). The van der Waals surface area contributed by atoms with E-state index in [2.05, 4.69) is 13.8 Å². The SMILES string of the molecule is CC(C)C[C@H](N)C(=O)N1C[C@@H]2CCCC[C@H]2C1. The van der Waals surface area contributed by atoms with E-state index < -0.39 is 0 Å². The summed E-state index contributed by atoms with van der Waals surface area (Å²) >= 11 is 0. The molecule has 3 heteroatoms. The van der Waals surface area contributed by atoms with Crippen molar-refractivity contribution in [2.45, 2.75) is 52.0 Å². The summed E-state index contributed by atoms with van der Waals surface area (Å²) in [5.74, 6) is 2.21. The first kappa shape index (κ1) is 12.9.